The maximum atomic E-state index is 12.8. The normalized spacial score (nSPS) is 25.8. The number of benzene rings is 2. The molecule has 12 nitrogen and oxygen atoms in total. The van der Waals surface area contributed by atoms with Crippen LogP contribution in [-0.2, 0) is 4.74 Å². The Balaban J connectivity index is 1.77. The third kappa shape index (κ3) is 2.92. The smallest absolute Gasteiger partial charge is 0.344 e. The molecule has 0 bridgehead atoms. The Bertz CT molecular complexity index is 1500. The summed E-state index contributed by atoms with van der Waals surface area (Å²) in [5.74, 6) is -1.74. The molecule has 2 aromatic heterocycles. The van der Waals surface area contributed by atoms with E-state index in [9.17, 15) is 35.1 Å². The zero-order chi connectivity index (χ0) is 23.8. The summed E-state index contributed by atoms with van der Waals surface area (Å²) in [6.45, 7) is 1.44. The fraction of sp³-hybridized carbons (Fsp3) is 0.333. The predicted octanol–water partition coefficient (Wildman–Crippen LogP) is 0.116. The fourth-order valence-electron chi connectivity index (χ4n) is 4.08. The van der Waals surface area contributed by atoms with Crippen LogP contribution in [0.2, 0.25) is 0 Å². The summed E-state index contributed by atoms with van der Waals surface area (Å²) in [6.07, 6.45) is -7.14. The van der Waals surface area contributed by atoms with Crippen LogP contribution in [0.4, 0.5) is 0 Å². The molecule has 1 aliphatic heterocycles. The molecule has 2 aromatic carbocycles. The summed E-state index contributed by atoms with van der Waals surface area (Å²) >= 11 is 0. The molecule has 5 N–H and O–H groups in total. The molecule has 174 valence electrons. The van der Waals surface area contributed by atoms with E-state index in [1.807, 2.05) is 0 Å². The zero-order valence-corrected chi connectivity index (χ0v) is 17.1. The van der Waals surface area contributed by atoms with E-state index in [0.29, 0.717) is 0 Å². The number of rotatable bonds is 3. The summed E-state index contributed by atoms with van der Waals surface area (Å²) in [6, 6.07) is 2.19. The van der Waals surface area contributed by atoms with Gasteiger partial charge in [0.1, 0.15) is 18.3 Å². The van der Waals surface area contributed by atoms with E-state index >= 15 is 0 Å². The second kappa shape index (κ2) is 7.22. The molecule has 0 unspecified atom stereocenters. The third-order valence-electron chi connectivity index (χ3n) is 5.77. The van der Waals surface area contributed by atoms with Crippen molar-refractivity contribution in [3.05, 3.63) is 33.0 Å². The highest BCUT2D eigenvalue weighted by Gasteiger charge is 2.43. The third-order valence-corrected chi connectivity index (χ3v) is 5.77. The lowest BCUT2D eigenvalue weighted by Crippen LogP contribution is -2.58. The number of methoxy groups -OCH3 is 1. The first kappa shape index (κ1) is 21.3. The molecule has 3 heterocycles. The van der Waals surface area contributed by atoms with Crippen molar-refractivity contribution in [3.8, 4) is 23.0 Å². The van der Waals surface area contributed by atoms with Crippen molar-refractivity contribution >= 4 is 32.7 Å². The Kier molecular flexibility index (Phi) is 4.65. The molecule has 4 aromatic rings. The van der Waals surface area contributed by atoms with Gasteiger partial charge in [0.15, 0.2) is 22.7 Å². The van der Waals surface area contributed by atoms with Crippen molar-refractivity contribution in [2.45, 2.75) is 37.6 Å². The monoisotopic (exact) mass is 462 g/mol. The summed E-state index contributed by atoms with van der Waals surface area (Å²) in [7, 11) is 1.24. The molecular weight excluding hydrogens is 444 g/mol. The minimum Gasteiger partial charge on any atom is -0.504 e. The quantitative estimate of drug-likeness (QED) is 0.204. The fourth-order valence-corrected chi connectivity index (χ4v) is 4.08. The summed E-state index contributed by atoms with van der Waals surface area (Å²) in [5.41, 5.74) is -2.50. The zero-order valence-electron chi connectivity index (χ0n) is 17.1. The van der Waals surface area contributed by atoms with E-state index in [0.717, 1.165) is 12.1 Å². The Hall–Kier alpha value is -3.58. The van der Waals surface area contributed by atoms with Crippen LogP contribution in [-0.4, -0.2) is 63.3 Å². The highest BCUT2D eigenvalue weighted by Crippen LogP contribution is 2.45. The summed E-state index contributed by atoms with van der Waals surface area (Å²) < 4.78 is 26.5. The van der Waals surface area contributed by atoms with E-state index < -0.39 is 64.8 Å². The lowest BCUT2D eigenvalue weighted by molar-refractivity contribution is -0.268. The van der Waals surface area contributed by atoms with E-state index in [4.69, 9.17) is 23.0 Å². The topological polar surface area (TPSA) is 189 Å². The van der Waals surface area contributed by atoms with Crippen molar-refractivity contribution in [2.24, 2.45) is 0 Å². The molecule has 1 aliphatic rings. The number of phenolic OH excluding ortho intramolecular Hbond substituents is 2. The second-order valence-electron chi connectivity index (χ2n) is 7.73. The molecule has 5 rings (SSSR count). The predicted molar refractivity (Wildman–Crippen MR) is 110 cm³/mol. The molecule has 12 heteroatoms. The number of phenols is 2. The number of aliphatic hydroxyl groups is 3. The minimum atomic E-state index is -1.70. The van der Waals surface area contributed by atoms with Gasteiger partial charge in [-0.25, -0.2) is 9.59 Å². The molecule has 0 amide bonds. The maximum absolute atomic E-state index is 12.8. The average Bonchev–Trinajstić information content (AvgIpc) is 2.77. The minimum absolute atomic E-state index is 0.0212. The second-order valence-corrected chi connectivity index (χ2v) is 7.73. The molecule has 0 aliphatic carbocycles. The highest BCUT2D eigenvalue weighted by molar-refractivity contribution is 6.22. The Morgan fingerprint density at radius 2 is 1.48 bits per heavy atom. The first-order chi connectivity index (χ1) is 15.6. The summed E-state index contributed by atoms with van der Waals surface area (Å²) in [5, 5.41) is 50.8. The average molecular weight is 462 g/mol. The number of ether oxygens (including phenoxy) is 3. The van der Waals surface area contributed by atoms with E-state index in [1.54, 1.807) is 0 Å². The summed E-state index contributed by atoms with van der Waals surface area (Å²) in [4.78, 5) is 25.4. The van der Waals surface area contributed by atoms with E-state index in [1.165, 1.54) is 14.0 Å². The number of aliphatic hydroxyl groups excluding tert-OH is 3. The molecule has 1 saturated heterocycles. The Morgan fingerprint density at radius 1 is 0.879 bits per heavy atom. The van der Waals surface area contributed by atoms with Crippen LogP contribution in [0, 0.1) is 0 Å². The van der Waals surface area contributed by atoms with Gasteiger partial charge in [0.2, 0.25) is 17.8 Å². The van der Waals surface area contributed by atoms with Gasteiger partial charge >= 0.3 is 11.3 Å². The molecule has 0 radical (unpaired) electrons. The number of aromatic hydroxyl groups is 2. The van der Waals surface area contributed by atoms with Gasteiger partial charge in [-0.2, -0.15) is 0 Å². The van der Waals surface area contributed by atoms with Gasteiger partial charge in [0, 0.05) is 10.8 Å². The van der Waals surface area contributed by atoms with Crippen molar-refractivity contribution in [1.29, 1.82) is 0 Å². The van der Waals surface area contributed by atoms with Crippen LogP contribution >= 0.6 is 0 Å². The van der Waals surface area contributed by atoms with Crippen LogP contribution in [0.25, 0.3) is 32.7 Å². The van der Waals surface area contributed by atoms with Crippen LogP contribution < -0.4 is 20.7 Å². The van der Waals surface area contributed by atoms with Crippen LogP contribution in [0.3, 0.4) is 0 Å². The first-order valence-electron chi connectivity index (χ1n) is 9.79. The van der Waals surface area contributed by atoms with Crippen LogP contribution in [0.15, 0.2) is 30.6 Å². The van der Waals surface area contributed by atoms with Gasteiger partial charge in [0.25, 0.3) is 0 Å². The molecule has 0 spiro atoms. The Labute approximate surface area is 182 Å². The molecule has 5 atom stereocenters. The molecule has 33 heavy (non-hydrogen) atoms. The standard InChI is InChI=1S/C21H18O12/c1-5-12(23)14(25)15(26)21(30-5)31-9-4-7-10-11-6(19(27)32-17(10)13(9)24)3-8(22)16(29-2)18(11)33-20(7)28/h3-5,12,14-15,21-26H,1-2H3/t5-,12-,14+,15+,21+/m0/s1. The number of hydrogen-bond donors (Lipinski definition) is 5. The van der Waals surface area contributed by atoms with Gasteiger partial charge in [0.05, 0.1) is 24.0 Å². The molecule has 1 fully saturated rings. The maximum Gasteiger partial charge on any atom is 0.344 e. The van der Waals surface area contributed by atoms with Gasteiger partial charge in [-0.1, -0.05) is 0 Å². The molecular formula is C21H18O12. The first-order valence-corrected chi connectivity index (χ1v) is 9.79. The van der Waals surface area contributed by atoms with Gasteiger partial charge < -0.3 is 48.6 Å². The van der Waals surface area contributed by atoms with Gasteiger partial charge in [-0.05, 0) is 19.1 Å². The Morgan fingerprint density at radius 3 is 2.15 bits per heavy atom. The van der Waals surface area contributed by atoms with Gasteiger partial charge in [-0.3, -0.25) is 0 Å². The van der Waals surface area contributed by atoms with Crippen LogP contribution in [0.1, 0.15) is 6.92 Å². The van der Waals surface area contributed by atoms with Gasteiger partial charge in [-0.15, -0.1) is 0 Å². The van der Waals surface area contributed by atoms with Crippen LogP contribution in [0.5, 0.6) is 23.0 Å². The lowest BCUT2D eigenvalue weighted by Gasteiger charge is -2.38. The highest BCUT2D eigenvalue weighted by atomic mass is 16.7. The lowest BCUT2D eigenvalue weighted by atomic mass is 10.00. The van der Waals surface area contributed by atoms with Crippen molar-refractivity contribution in [2.75, 3.05) is 7.11 Å². The van der Waals surface area contributed by atoms with Crippen molar-refractivity contribution in [1.82, 2.24) is 0 Å². The number of hydrogen-bond acceptors (Lipinski definition) is 12. The largest absolute Gasteiger partial charge is 0.504 e. The molecule has 0 saturated carbocycles. The van der Waals surface area contributed by atoms with Crippen molar-refractivity contribution < 1.29 is 48.6 Å². The SMILES string of the molecule is COc1c(O)cc2c(=O)oc3c(O)c(O[C@H]4O[C@@H](C)[C@H](O)[C@@H](O)[C@H]4O)cc4c(=O)oc1c2c34. The van der Waals surface area contributed by atoms with E-state index in [2.05, 4.69) is 0 Å². The van der Waals surface area contributed by atoms with Crippen molar-refractivity contribution in [3.63, 3.8) is 0 Å². The van der Waals surface area contributed by atoms with E-state index in [-0.39, 0.29) is 32.9 Å².